The Hall–Kier alpha value is -0.150. The van der Waals surface area contributed by atoms with Crippen molar-refractivity contribution < 1.29 is 8.78 Å². The molecule has 0 unspecified atom stereocenters. The second-order valence-corrected chi connectivity index (χ2v) is 2.72. The molecule has 0 radical (unpaired) electrons. The molecule has 1 saturated carbocycles. The zero-order valence-corrected chi connectivity index (χ0v) is 6.96. The number of nitrogens with two attached hydrogens (primary N) is 1. The molecule has 0 amide bonds. The van der Waals surface area contributed by atoms with Gasteiger partial charge in [-0.15, -0.1) is 12.4 Å². The number of hydrogen-bond donors (Lipinski definition) is 1. The van der Waals surface area contributed by atoms with Crippen LogP contribution in [0.5, 0.6) is 0 Å². The maximum absolute atomic E-state index is 11.9. The summed E-state index contributed by atoms with van der Waals surface area (Å²) in [5.74, 6) is 0. The van der Waals surface area contributed by atoms with Gasteiger partial charge in [-0.1, -0.05) is 0 Å². The van der Waals surface area contributed by atoms with Gasteiger partial charge in [0, 0.05) is 6.04 Å². The quantitative estimate of drug-likeness (QED) is 0.614. The third-order valence-electron chi connectivity index (χ3n) is 1.83. The van der Waals surface area contributed by atoms with E-state index in [-0.39, 0.29) is 24.0 Å². The topological polar surface area (TPSA) is 26.0 Å². The average molecular weight is 184 g/mol. The van der Waals surface area contributed by atoms with E-state index in [0.717, 1.165) is 12.8 Å². The van der Waals surface area contributed by atoms with Crippen LogP contribution in [0.1, 0.15) is 25.7 Å². The SMILES string of the molecule is Cl.N[C@@H]1CCCC(=C(F)F)C1. The highest BCUT2D eigenvalue weighted by atomic mass is 35.5. The molecule has 0 aliphatic heterocycles. The Morgan fingerprint density at radius 1 is 1.45 bits per heavy atom. The Morgan fingerprint density at radius 2 is 2.09 bits per heavy atom. The monoisotopic (exact) mass is 183 g/mol. The second-order valence-electron chi connectivity index (χ2n) is 2.72. The highest BCUT2D eigenvalue weighted by Gasteiger charge is 2.16. The predicted octanol–water partition coefficient (Wildman–Crippen LogP) is 2.46. The van der Waals surface area contributed by atoms with Crippen molar-refractivity contribution in [2.45, 2.75) is 31.7 Å². The summed E-state index contributed by atoms with van der Waals surface area (Å²) in [5, 5.41) is 0. The minimum absolute atomic E-state index is 0. The van der Waals surface area contributed by atoms with Crippen LogP contribution >= 0.6 is 12.4 Å². The van der Waals surface area contributed by atoms with E-state index >= 15 is 0 Å². The highest BCUT2D eigenvalue weighted by molar-refractivity contribution is 5.85. The first-order chi connectivity index (χ1) is 4.70. The first kappa shape index (κ1) is 10.8. The van der Waals surface area contributed by atoms with Gasteiger partial charge in [0.15, 0.2) is 0 Å². The maximum atomic E-state index is 11.9. The molecule has 0 bridgehead atoms. The fourth-order valence-corrected chi connectivity index (χ4v) is 1.27. The average Bonchev–Trinajstić information content (AvgIpc) is 1.88. The van der Waals surface area contributed by atoms with Gasteiger partial charge in [-0.05, 0) is 31.3 Å². The standard InChI is InChI=1S/C7H11F2N.ClH/c8-7(9)5-2-1-3-6(10)4-5;/h6H,1-4,10H2;1H/t6-;/m1./s1. The third kappa shape index (κ3) is 3.16. The molecule has 0 spiro atoms. The Morgan fingerprint density at radius 3 is 2.45 bits per heavy atom. The molecule has 0 aromatic heterocycles. The zero-order valence-electron chi connectivity index (χ0n) is 6.15. The van der Waals surface area contributed by atoms with Gasteiger partial charge >= 0.3 is 0 Å². The van der Waals surface area contributed by atoms with Crippen LogP contribution in [0.4, 0.5) is 8.78 Å². The van der Waals surface area contributed by atoms with Crippen LogP contribution in [-0.4, -0.2) is 6.04 Å². The number of hydrogen-bond acceptors (Lipinski definition) is 1. The Balaban J connectivity index is 0.000001000. The summed E-state index contributed by atoms with van der Waals surface area (Å²) in [6.07, 6.45) is 1.11. The maximum Gasteiger partial charge on any atom is 0.269 e. The lowest BCUT2D eigenvalue weighted by atomic mass is 9.92. The van der Waals surface area contributed by atoms with Crippen molar-refractivity contribution in [3.63, 3.8) is 0 Å². The van der Waals surface area contributed by atoms with Gasteiger partial charge in [0.05, 0.1) is 0 Å². The Bertz CT molecular complexity index is 155. The highest BCUT2D eigenvalue weighted by Crippen LogP contribution is 2.25. The van der Waals surface area contributed by atoms with E-state index in [1.54, 1.807) is 0 Å². The summed E-state index contributed by atoms with van der Waals surface area (Å²) in [4.78, 5) is 0. The van der Waals surface area contributed by atoms with Crippen LogP contribution in [0.15, 0.2) is 11.7 Å². The number of halogens is 3. The van der Waals surface area contributed by atoms with E-state index in [4.69, 9.17) is 5.73 Å². The molecule has 1 aliphatic carbocycles. The lowest BCUT2D eigenvalue weighted by Gasteiger charge is -2.18. The molecule has 4 heteroatoms. The van der Waals surface area contributed by atoms with E-state index in [1.165, 1.54) is 0 Å². The minimum atomic E-state index is -1.52. The van der Waals surface area contributed by atoms with Crippen molar-refractivity contribution in [3.8, 4) is 0 Å². The molecule has 1 fully saturated rings. The van der Waals surface area contributed by atoms with Crippen molar-refractivity contribution in [3.05, 3.63) is 11.7 Å². The summed E-state index contributed by atoms with van der Waals surface area (Å²) in [5.41, 5.74) is 5.76. The molecular weight excluding hydrogens is 172 g/mol. The zero-order chi connectivity index (χ0) is 7.56. The number of rotatable bonds is 0. The van der Waals surface area contributed by atoms with Crippen LogP contribution in [0.3, 0.4) is 0 Å². The van der Waals surface area contributed by atoms with E-state index in [2.05, 4.69) is 0 Å². The molecule has 1 rings (SSSR count). The van der Waals surface area contributed by atoms with Crippen LogP contribution in [0.25, 0.3) is 0 Å². The van der Waals surface area contributed by atoms with Crippen LogP contribution in [-0.2, 0) is 0 Å². The van der Waals surface area contributed by atoms with Gasteiger partial charge in [-0.3, -0.25) is 0 Å². The van der Waals surface area contributed by atoms with Crippen molar-refractivity contribution in [1.82, 2.24) is 0 Å². The predicted molar refractivity (Wildman–Crippen MR) is 42.9 cm³/mol. The van der Waals surface area contributed by atoms with Gasteiger partial charge in [-0.25, -0.2) is 0 Å². The lowest BCUT2D eigenvalue weighted by Crippen LogP contribution is -2.23. The van der Waals surface area contributed by atoms with Gasteiger partial charge < -0.3 is 5.73 Å². The van der Waals surface area contributed by atoms with Crippen LogP contribution < -0.4 is 5.73 Å². The smallest absolute Gasteiger partial charge is 0.269 e. The second kappa shape index (κ2) is 4.67. The third-order valence-corrected chi connectivity index (χ3v) is 1.83. The fraction of sp³-hybridized carbons (Fsp3) is 0.714. The first-order valence-corrected chi connectivity index (χ1v) is 3.48. The fourth-order valence-electron chi connectivity index (χ4n) is 1.27. The van der Waals surface area contributed by atoms with Crippen LogP contribution in [0.2, 0.25) is 0 Å². The van der Waals surface area contributed by atoms with E-state index < -0.39 is 6.08 Å². The summed E-state index contributed by atoms with van der Waals surface area (Å²) >= 11 is 0. The molecule has 1 aliphatic rings. The van der Waals surface area contributed by atoms with E-state index in [1.807, 2.05) is 0 Å². The largest absolute Gasteiger partial charge is 0.327 e. The molecule has 2 N–H and O–H groups in total. The van der Waals surface area contributed by atoms with Gasteiger partial charge in [-0.2, -0.15) is 8.78 Å². The summed E-state index contributed by atoms with van der Waals surface area (Å²) in [6.45, 7) is 0. The minimum Gasteiger partial charge on any atom is -0.327 e. The van der Waals surface area contributed by atoms with E-state index in [9.17, 15) is 8.78 Å². The Labute approximate surface area is 71.1 Å². The van der Waals surface area contributed by atoms with Gasteiger partial charge in [0.1, 0.15) is 0 Å². The molecular formula is C7H12ClF2N. The molecule has 11 heavy (non-hydrogen) atoms. The van der Waals surface area contributed by atoms with Crippen molar-refractivity contribution in [2.24, 2.45) is 5.73 Å². The first-order valence-electron chi connectivity index (χ1n) is 3.48. The molecule has 1 nitrogen and oxygen atoms in total. The normalized spacial score (nSPS) is 24.3. The molecule has 0 heterocycles. The summed E-state index contributed by atoms with van der Waals surface area (Å²) < 4.78 is 23.8. The molecule has 0 aromatic rings. The lowest BCUT2D eigenvalue weighted by molar-refractivity contribution is 0.384. The van der Waals surface area contributed by atoms with Crippen molar-refractivity contribution in [1.29, 1.82) is 0 Å². The summed E-state index contributed by atoms with van der Waals surface area (Å²) in [7, 11) is 0. The molecule has 0 saturated heterocycles. The van der Waals surface area contributed by atoms with Gasteiger partial charge in [0.25, 0.3) is 6.08 Å². The molecule has 1 atom stereocenters. The van der Waals surface area contributed by atoms with Crippen molar-refractivity contribution >= 4 is 12.4 Å². The Kier molecular flexibility index (Phi) is 4.61. The van der Waals surface area contributed by atoms with Gasteiger partial charge in [0.2, 0.25) is 0 Å². The molecule has 66 valence electrons. The van der Waals surface area contributed by atoms with Crippen LogP contribution in [0, 0.1) is 0 Å². The molecule has 0 aromatic carbocycles. The van der Waals surface area contributed by atoms with Crippen molar-refractivity contribution in [2.75, 3.05) is 0 Å². The summed E-state index contributed by atoms with van der Waals surface area (Å²) in [6, 6.07) is -0.0368. The van der Waals surface area contributed by atoms with E-state index in [0.29, 0.717) is 12.8 Å².